The molecular formula is C22H28N4OS2. The summed E-state index contributed by atoms with van der Waals surface area (Å²) in [5.74, 6) is 0.0489. The van der Waals surface area contributed by atoms with Crippen molar-refractivity contribution in [3.8, 4) is 10.6 Å². The number of fused-ring (bicyclic) bond motifs is 2. The van der Waals surface area contributed by atoms with Crippen molar-refractivity contribution >= 4 is 43.8 Å². The fourth-order valence-electron chi connectivity index (χ4n) is 3.86. The largest absolute Gasteiger partial charge is 0.317 e. The Morgan fingerprint density at radius 3 is 2.83 bits per heavy atom. The van der Waals surface area contributed by atoms with Gasteiger partial charge in [-0.25, -0.2) is 4.98 Å². The molecule has 7 heteroatoms. The van der Waals surface area contributed by atoms with E-state index in [1.165, 1.54) is 15.1 Å². The average molecular weight is 429 g/mol. The van der Waals surface area contributed by atoms with E-state index in [4.69, 9.17) is 4.98 Å². The molecule has 3 N–H and O–H groups in total. The summed E-state index contributed by atoms with van der Waals surface area (Å²) in [6, 6.07) is 9.29. The fourth-order valence-corrected chi connectivity index (χ4v) is 6.23. The van der Waals surface area contributed by atoms with Crippen LogP contribution >= 0.6 is 22.7 Å². The number of aromatic nitrogens is 1. The van der Waals surface area contributed by atoms with E-state index in [1.807, 2.05) is 12.1 Å². The van der Waals surface area contributed by atoms with Crippen molar-refractivity contribution in [1.82, 2.24) is 15.6 Å². The Morgan fingerprint density at radius 2 is 2.07 bits per heavy atom. The first-order chi connectivity index (χ1) is 13.9. The number of para-hydroxylation sites is 1. The van der Waals surface area contributed by atoms with E-state index in [0.717, 1.165) is 27.5 Å². The molecule has 5 nitrogen and oxygen atoms in total. The Balaban J connectivity index is 1.70. The second kappa shape index (κ2) is 8.52. The summed E-state index contributed by atoms with van der Waals surface area (Å²) in [4.78, 5) is 18.9. The smallest absolute Gasteiger partial charge is 0.226 e. The van der Waals surface area contributed by atoms with Gasteiger partial charge in [0.1, 0.15) is 10.0 Å². The number of hydrogen-bond acceptors (Lipinski definition) is 6. The number of nitrogens with one attached hydrogen (secondary N) is 3. The molecule has 1 aromatic carbocycles. The van der Waals surface area contributed by atoms with Crippen LogP contribution in [0.5, 0.6) is 0 Å². The molecule has 1 amide bonds. The zero-order valence-corrected chi connectivity index (χ0v) is 19.0. The zero-order valence-electron chi connectivity index (χ0n) is 17.3. The highest BCUT2D eigenvalue weighted by atomic mass is 32.1. The van der Waals surface area contributed by atoms with E-state index in [9.17, 15) is 4.79 Å². The summed E-state index contributed by atoms with van der Waals surface area (Å²) in [5, 5.41) is 12.1. The summed E-state index contributed by atoms with van der Waals surface area (Å²) >= 11 is 3.40. The minimum Gasteiger partial charge on any atom is -0.317 e. The zero-order chi connectivity index (χ0) is 20.5. The van der Waals surface area contributed by atoms with Gasteiger partial charge < -0.3 is 16.0 Å². The van der Waals surface area contributed by atoms with Crippen LogP contribution in [-0.4, -0.2) is 29.5 Å². The predicted molar refractivity (Wildman–Crippen MR) is 124 cm³/mol. The minimum atomic E-state index is 0.0489. The van der Waals surface area contributed by atoms with Crippen molar-refractivity contribution in [3.63, 3.8) is 0 Å². The highest BCUT2D eigenvalue weighted by molar-refractivity contribution is 7.23. The van der Waals surface area contributed by atoms with Gasteiger partial charge in [-0.1, -0.05) is 26.0 Å². The van der Waals surface area contributed by atoms with Crippen LogP contribution in [0.15, 0.2) is 24.3 Å². The number of thiazole rings is 1. The molecule has 29 heavy (non-hydrogen) atoms. The average Bonchev–Trinajstić information content (AvgIpc) is 3.22. The Kier molecular flexibility index (Phi) is 6.01. The monoisotopic (exact) mass is 428 g/mol. The number of anilines is 1. The van der Waals surface area contributed by atoms with Gasteiger partial charge in [-0.15, -0.1) is 22.7 Å². The first-order valence-electron chi connectivity index (χ1n) is 10.2. The van der Waals surface area contributed by atoms with Gasteiger partial charge in [0.2, 0.25) is 5.91 Å². The second-order valence-corrected chi connectivity index (χ2v) is 10.1. The van der Waals surface area contributed by atoms with Gasteiger partial charge in [-0.2, -0.15) is 0 Å². The molecule has 1 aliphatic rings. The van der Waals surface area contributed by atoms with Crippen LogP contribution in [0.2, 0.25) is 0 Å². The summed E-state index contributed by atoms with van der Waals surface area (Å²) in [6.07, 6.45) is 1.41. The number of hydrogen-bond donors (Lipinski definition) is 3. The minimum absolute atomic E-state index is 0.0489. The quantitative estimate of drug-likeness (QED) is 0.520. The maximum atomic E-state index is 12.6. The third-order valence-electron chi connectivity index (χ3n) is 5.14. The van der Waals surface area contributed by atoms with Crippen molar-refractivity contribution in [3.05, 3.63) is 34.7 Å². The molecule has 3 aromatic rings. The maximum Gasteiger partial charge on any atom is 0.226 e. The number of nitrogens with zero attached hydrogens (tertiary/aromatic N) is 1. The molecule has 154 valence electrons. The van der Waals surface area contributed by atoms with Gasteiger partial charge in [-0.3, -0.25) is 4.79 Å². The van der Waals surface area contributed by atoms with Crippen LogP contribution in [0.1, 0.15) is 50.6 Å². The predicted octanol–water partition coefficient (Wildman–Crippen LogP) is 4.95. The number of thiophene rings is 1. The summed E-state index contributed by atoms with van der Waals surface area (Å²) < 4.78 is 1.18. The van der Waals surface area contributed by atoms with Crippen molar-refractivity contribution in [2.24, 2.45) is 0 Å². The van der Waals surface area contributed by atoms with Crippen molar-refractivity contribution in [2.45, 2.75) is 58.7 Å². The van der Waals surface area contributed by atoms with Crippen LogP contribution in [-0.2, 0) is 11.2 Å². The Morgan fingerprint density at radius 1 is 1.28 bits per heavy atom. The molecule has 2 atom stereocenters. The molecule has 0 spiro atoms. The standard InChI is InChI=1S/C22H28N4OS2/c1-12(2)23-10-9-18(27)26-22-19(15-11-13(3)24-14(4)20(15)29-22)21-25-16-7-5-6-8-17(16)28-21/h5-8,12-14,23-24H,9-11H2,1-4H3,(H,26,27)/t13-,14-/m0/s1. The van der Waals surface area contributed by atoms with Gasteiger partial charge in [0.05, 0.1) is 10.2 Å². The van der Waals surface area contributed by atoms with Crippen LogP contribution in [0, 0.1) is 0 Å². The summed E-state index contributed by atoms with van der Waals surface area (Å²) in [6.45, 7) is 9.28. The second-order valence-electron chi connectivity index (χ2n) is 8.04. The lowest BCUT2D eigenvalue weighted by Crippen LogP contribution is -2.35. The number of carbonyl (C=O) groups is 1. The van der Waals surface area contributed by atoms with E-state index in [2.05, 4.69) is 55.8 Å². The number of carbonyl (C=O) groups excluding carboxylic acids is 1. The van der Waals surface area contributed by atoms with Gasteiger partial charge in [-0.05, 0) is 38.0 Å². The molecule has 2 aromatic heterocycles. The number of rotatable bonds is 6. The molecule has 0 saturated carbocycles. The van der Waals surface area contributed by atoms with Gasteiger partial charge in [0.15, 0.2) is 0 Å². The van der Waals surface area contributed by atoms with E-state index >= 15 is 0 Å². The van der Waals surface area contributed by atoms with Gasteiger partial charge in [0.25, 0.3) is 0 Å². The van der Waals surface area contributed by atoms with Crippen molar-refractivity contribution in [2.75, 3.05) is 11.9 Å². The maximum absolute atomic E-state index is 12.6. The molecule has 0 bridgehead atoms. The van der Waals surface area contributed by atoms with Gasteiger partial charge >= 0.3 is 0 Å². The SMILES string of the molecule is CC(C)NCCC(=O)Nc1sc2c(c1-c1nc3ccccc3s1)C[C@H](C)N[C@H]2C. The molecular weight excluding hydrogens is 400 g/mol. The summed E-state index contributed by atoms with van der Waals surface area (Å²) in [5.41, 5.74) is 3.47. The molecule has 0 radical (unpaired) electrons. The topological polar surface area (TPSA) is 66.0 Å². The molecule has 0 saturated heterocycles. The van der Waals surface area contributed by atoms with Crippen molar-refractivity contribution in [1.29, 1.82) is 0 Å². The van der Waals surface area contributed by atoms with E-state index in [1.54, 1.807) is 22.7 Å². The number of amides is 1. The lowest BCUT2D eigenvalue weighted by Gasteiger charge is -2.26. The van der Waals surface area contributed by atoms with Gasteiger partial charge in [0, 0.05) is 41.5 Å². The number of benzene rings is 1. The highest BCUT2D eigenvalue weighted by Crippen LogP contribution is 2.47. The highest BCUT2D eigenvalue weighted by Gasteiger charge is 2.30. The molecule has 0 unspecified atom stereocenters. The first-order valence-corrected chi connectivity index (χ1v) is 11.9. The van der Waals surface area contributed by atoms with Crippen molar-refractivity contribution < 1.29 is 4.79 Å². The Hall–Kier alpha value is -1.80. The van der Waals surface area contributed by atoms with E-state index < -0.39 is 0 Å². The van der Waals surface area contributed by atoms with Crippen LogP contribution in [0.3, 0.4) is 0 Å². The third kappa shape index (κ3) is 4.38. The molecule has 1 aliphatic heterocycles. The van der Waals surface area contributed by atoms with Crippen LogP contribution in [0.4, 0.5) is 5.00 Å². The third-order valence-corrected chi connectivity index (χ3v) is 7.53. The van der Waals surface area contributed by atoms with Crippen LogP contribution in [0.25, 0.3) is 20.8 Å². The molecule has 4 rings (SSSR count). The Labute approximate surface area is 179 Å². The first kappa shape index (κ1) is 20.5. The van der Waals surface area contributed by atoms with E-state index in [-0.39, 0.29) is 11.9 Å². The van der Waals surface area contributed by atoms with Crippen LogP contribution < -0.4 is 16.0 Å². The summed E-state index contributed by atoms with van der Waals surface area (Å²) in [7, 11) is 0. The fraction of sp³-hybridized carbons (Fsp3) is 0.455. The lowest BCUT2D eigenvalue weighted by molar-refractivity contribution is -0.116. The lowest BCUT2D eigenvalue weighted by atomic mass is 9.95. The van der Waals surface area contributed by atoms with E-state index in [0.29, 0.717) is 25.0 Å². The normalized spacial score (nSPS) is 18.9. The molecule has 3 heterocycles. The molecule has 0 fully saturated rings. The molecule has 0 aliphatic carbocycles. The Bertz CT molecular complexity index is 990.